The maximum Gasteiger partial charge on any atom is 0.127 e. The minimum Gasteiger partial charge on any atom is -0.492 e. The van der Waals surface area contributed by atoms with Gasteiger partial charge in [-0.3, -0.25) is 0 Å². The third-order valence-corrected chi connectivity index (χ3v) is 7.68. The highest BCUT2D eigenvalue weighted by molar-refractivity contribution is 6.09. The molecular weight excluding hydrogens is 464 g/mol. The summed E-state index contributed by atoms with van der Waals surface area (Å²) in [6.07, 6.45) is 0. The summed E-state index contributed by atoms with van der Waals surface area (Å²) in [5.41, 5.74) is 7.13. The Morgan fingerprint density at radius 1 is 0.500 bits per heavy atom. The number of aryl methyl sites for hydroxylation is 1. The fraction of sp³-hybridized carbons (Fsp3) is 0.111. The van der Waals surface area contributed by atoms with E-state index >= 15 is 0 Å². The molecule has 0 atom stereocenters. The smallest absolute Gasteiger partial charge is 0.127 e. The van der Waals surface area contributed by atoms with Crippen molar-refractivity contribution in [3.63, 3.8) is 0 Å². The fourth-order valence-corrected chi connectivity index (χ4v) is 5.57. The molecule has 0 bridgehead atoms. The Bertz CT molecular complexity index is 1680. The summed E-state index contributed by atoms with van der Waals surface area (Å²) in [6, 6.07) is 43.1. The molecule has 6 aromatic carbocycles. The van der Waals surface area contributed by atoms with Gasteiger partial charge in [0.05, 0.1) is 19.1 Å². The summed E-state index contributed by atoms with van der Waals surface area (Å²) in [6.45, 7) is 3.20. The van der Waals surface area contributed by atoms with Crippen molar-refractivity contribution >= 4 is 21.5 Å². The van der Waals surface area contributed by atoms with E-state index in [2.05, 4.69) is 128 Å². The van der Waals surface area contributed by atoms with Crippen LogP contribution in [0, 0.1) is 6.92 Å². The molecule has 0 saturated carbocycles. The molecule has 1 aliphatic rings. The highest BCUT2D eigenvalue weighted by Gasteiger charge is 2.23. The molecule has 1 heterocycles. The van der Waals surface area contributed by atoms with E-state index < -0.39 is 0 Å². The van der Waals surface area contributed by atoms with E-state index in [0.717, 1.165) is 22.6 Å². The van der Waals surface area contributed by atoms with Crippen molar-refractivity contribution < 1.29 is 9.47 Å². The van der Waals surface area contributed by atoms with E-state index in [1.54, 1.807) is 0 Å². The second-order valence-corrected chi connectivity index (χ2v) is 10.1. The van der Waals surface area contributed by atoms with Crippen LogP contribution in [0.15, 0.2) is 121 Å². The molecular formula is C36H28O2. The van der Waals surface area contributed by atoms with Crippen LogP contribution in [0.5, 0.6) is 11.5 Å². The Hall–Kier alpha value is -4.56. The van der Waals surface area contributed by atoms with Crippen LogP contribution in [0.1, 0.15) is 17.0 Å². The van der Waals surface area contributed by atoms with Crippen LogP contribution in [-0.2, 0) is 0 Å². The molecule has 0 radical (unpaired) electrons. The van der Waals surface area contributed by atoms with Gasteiger partial charge in [0.15, 0.2) is 0 Å². The molecule has 1 aliphatic heterocycles. The summed E-state index contributed by atoms with van der Waals surface area (Å²) in [4.78, 5) is 0. The Morgan fingerprint density at radius 3 is 1.50 bits per heavy atom. The molecule has 2 heteroatoms. The van der Waals surface area contributed by atoms with Crippen LogP contribution in [0.25, 0.3) is 43.8 Å². The molecule has 0 aliphatic carbocycles. The van der Waals surface area contributed by atoms with Gasteiger partial charge in [-0.05, 0) is 57.3 Å². The highest BCUT2D eigenvalue weighted by Crippen LogP contribution is 2.46. The molecule has 0 unspecified atom stereocenters. The maximum atomic E-state index is 6.64. The quantitative estimate of drug-likeness (QED) is 0.240. The zero-order chi connectivity index (χ0) is 25.5. The summed E-state index contributed by atoms with van der Waals surface area (Å²) in [7, 11) is 0. The van der Waals surface area contributed by atoms with Crippen molar-refractivity contribution in [2.24, 2.45) is 0 Å². The molecule has 0 N–H and O–H groups in total. The summed E-state index contributed by atoms with van der Waals surface area (Å²) in [5, 5.41) is 4.73. The maximum absolute atomic E-state index is 6.64. The van der Waals surface area contributed by atoms with Gasteiger partial charge in [-0.1, -0.05) is 115 Å². The number of benzene rings is 6. The Morgan fingerprint density at radius 2 is 0.974 bits per heavy atom. The van der Waals surface area contributed by atoms with Gasteiger partial charge >= 0.3 is 0 Å². The van der Waals surface area contributed by atoms with Crippen molar-refractivity contribution in [2.45, 2.75) is 12.8 Å². The van der Waals surface area contributed by atoms with Gasteiger partial charge in [0.2, 0.25) is 0 Å². The van der Waals surface area contributed by atoms with Gasteiger partial charge in [-0.15, -0.1) is 0 Å². The lowest BCUT2D eigenvalue weighted by Gasteiger charge is -2.18. The van der Waals surface area contributed by atoms with E-state index in [1.807, 2.05) is 0 Å². The SMILES string of the molecule is Cc1ccc(-c2ccc(C3COc4ccc5ccccc5c4-c4c(ccc5ccccc45)OC3)cc2)cc1. The third-order valence-electron chi connectivity index (χ3n) is 7.68. The van der Waals surface area contributed by atoms with Crippen LogP contribution < -0.4 is 9.47 Å². The zero-order valence-corrected chi connectivity index (χ0v) is 21.4. The number of fused-ring (bicyclic) bond motifs is 7. The lowest BCUT2D eigenvalue weighted by Crippen LogP contribution is -2.17. The molecule has 0 aromatic heterocycles. The van der Waals surface area contributed by atoms with Gasteiger partial charge in [0, 0.05) is 11.1 Å². The van der Waals surface area contributed by atoms with Crippen LogP contribution in [0.3, 0.4) is 0 Å². The molecule has 0 spiro atoms. The molecule has 6 aromatic rings. The lowest BCUT2D eigenvalue weighted by molar-refractivity contribution is 0.223. The van der Waals surface area contributed by atoms with E-state index in [0.29, 0.717) is 13.2 Å². The molecule has 184 valence electrons. The zero-order valence-electron chi connectivity index (χ0n) is 21.4. The largest absolute Gasteiger partial charge is 0.492 e. The van der Waals surface area contributed by atoms with Crippen LogP contribution in [0.4, 0.5) is 0 Å². The van der Waals surface area contributed by atoms with Crippen LogP contribution in [-0.4, -0.2) is 13.2 Å². The summed E-state index contributed by atoms with van der Waals surface area (Å²) >= 11 is 0. The normalized spacial score (nSPS) is 13.5. The predicted molar refractivity (Wildman–Crippen MR) is 157 cm³/mol. The second-order valence-electron chi connectivity index (χ2n) is 10.1. The molecule has 38 heavy (non-hydrogen) atoms. The van der Waals surface area contributed by atoms with E-state index in [1.165, 1.54) is 43.8 Å². The molecule has 2 nitrogen and oxygen atoms in total. The minimum absolute atomic E-state index is 0.0961. The first-order valence-corrected chi connectivity index (χ1v) is 13.2. The number of rotatable bonds is 2. The first kappa shape index (κ1) is 22.6. The Kier molecular flexibility index (Phi) is 5.59. The lowest BCUT2D eigenvalue weighted by atomic mass is 9.92. The molecule has 0 amide bonds. The van der Waals surface area contributed by atoms with E-state index in [9.17, 15) is 0 Å². The van der Waals surface area contributed by atoms with Crippen molar-refractivity contribution in [3.05, 3.63) is 132 Å². The molecule has 0 fully saturated rings. The summed E-state index contributed by atoms with van der Waals surface area (Å²) in [5.74, 6) is 1.89. The van der Waals surface area contributed by atoms with E-state index in [4.69, 9.17) is 9.47 Å². The minimum atomic E-state index is 0.0961. The monoisotopic (exact) mass is 492 g/mol. The third kappa shape index (κ3) is 3.99. The first-order valence-electron chi connectivity index (χ1n) is 13.2. The predicted octanol–water partition coefficient (Wildman–Crippen LogP) is 9.19. The number of hydrogen-bond donors (Lipinski definition) is 0. The van der Waals surface area contributed by atoms with Crippen molar-refractivity contribution in [3.8, 4) is 33.8 Å². The van der Waals surface area contributed by atoms with Gasteiger partial charge in [0.25, 0.3) is 0 Å². The number of hydrogen-bond acceptors (Lipinski definition) is 2. The molecule has 0 saturated heterocycles. The van der Waals surface area contributed by atoms with Crippen LogP contribution >= 0.6 is 0 Å². The average molecular weight is 493 g/mol. The first-order chi connectivity index (χ1) is 18.7. The van der Waals surface area contributed by atoms with Gasteiger partial charge in [0.1, 0.15) is 11.5 Å². The second kappa shape index (κ2) is 9.39. The van der Waals surface area contributed by atoms with Crippen LogP contribution in [0.2, 0.25) is 0 Å². The van der Waals surface area contributed by atoms with Gasteiger partial charge in [-0.2, -0.15) is 0 Å². The van der Waals surface area contributed by atoms with Crippen molar-refractivity contribution in [2.75, 3.05) is 13.2 Å². The fourth-order valence-electron chi connectivity index (χ4n) is 5.57. The van der Waals surface area contributed by atoms with Crippen molar-refractivity contribution in [1.82, 2.24) is 0 Å². The average Bonchev–Trinajstić information content (AvgIpc) is 3.05. The Labute approximate surface area is 223 Å². The van der Waals surface area contributed by atoms with Crippen molar-refractivity contribution in [1.29, 1.82) is 0 Å². The highest BCUT2D eigenvalue weighted by atomic mass is 16.5. The van der Waals surface area contributed by atoms with Gasteiger partial charge in [-0.25, -0.2) is 0 Å². The molecule has 7 rings (SSSR count). The Balaban J connectivity index is 1.33. The van der Waals surface area contributed by atoms with E-state index in [-0.39, 0.29) is 5.92 Å². The number of ether oxygens (including phenoxy) is 2. The summed E-state index contributed by atoms with van der Waals surface area (Å²) < 4.78 is 13.3. The topological polar surface area (TPSA) is 18.5 Å². The van der Waals surface area contributed by atoms with Gasteiger partial charge < -0.3 is 9.47 Å². The standard InChI is InChI=1S/C36H28O2/c1-24-10-12-25(13-11-24)26-14-16-27(17-15-26)30-22-37-33-20-18-28-6-2-4-8-31(28)35(33)36-32-9-5-3-7-29(32)19-21-34(36)38-23-30/h2-21,30H,22-23H2,1H3.